The lowest BCUT2D eigenvalue weighted by molar-refractivity contribution is 0.0674. The molecule has 1 unspecified atom stereocenters. The van der Waals surface area contributed by atoms with E-state index in [0.717, 1.165) is 81.9 Å². The summed E-state index contributed by atoms with van der Waals surface area (Å²) in [4.78, 5) is 18.8. The Labute approximate surface area is 208 Å². The first-order valence-electron chi connectivity index (χ1n) is 12.7. The fourth-order valence-electron chi connectivity index (χ4n) is 5.71. The van der Waals surface area contributed by atoms with E-state index in [9.17, 15) is 4.79 Å². The van der Waals surface area contributed by atoms with Gasteiger partial charge in [0.05, 0.1) is 17.7 Å². The zero-order valence-corrected chi connectivity index (χ0v) is 20.8. The first-order chi connectivity index (χ1) is 16.6. The summed E-state index contributed by atoms with van der Waals surface area (Å²) in [7, 11) is 1.62. The second-order valence-electron chi connectivity index (χ2n) is 9.71. The third-order valence-electron chi connectivity index (χ3n) is 7.60. The zero-order chi connectivity index (χ0) is 23.5. The van der Waals surface area contributed by atoms with Crippen molar-refractivity contribution in [3.8, 4) is 11.5 Å². The van der Waals surface area contributed by atoms with Crippen LogP contribution in [0.3, 0.4) is 0 Å². The van der Waals surface area contributed by atoms with Crippen molar-refractivity contribution in [1.29, 1.82) is 0 Å². The number of fused-ring (bicyclic) bond motifs is 1. The molecular formula is C27H35N3O3S. The summed E-state index contributed by atoms with van der Waals surface area (Å²) in [6.45, 7) is 3.41. The summed E-state index contributed by atoms with van der Waals surface area (Å²) < 4.78 is 11.7. The van der Waals surface area contributed by atoms with E-state index >= 15 is 0 Å². The number of ether oxygens (including phenoxy) is 2. The largest absolute Gasteiger partial charge is 0.496 e. The third kappa shape index (κ3) is 4.86. The number of benzene rings is 1. The number of carbonyl (C=O) groups excluding carboxylic acids is 1. The Balaban J connectivity index is 1.23. The van der Waals surface area contributed by atoms with Crippen molar-refractivity contribution < 1.29 is 14.3 Å². The van der Waals surface area contributed by atoms with Crippen LogP contribution in [0.1, 0.15) is 55.3 Å². The minimum Gasteiger partial charge on any atom is -0.496 e. The number of rotatable bonds is 5. The first kappa shape index (κ1) is 23.4. The summed E-state index contributed by atoms with van der Waals surface area (Å²) in [6.07, 6.45) is 14.0. The second kappa shape index (κ2) is 10.5. The molecule has 1 aromatic rings. The lowest BCUT2D eigenvalue weighted by Gasteiger charge is -2.46. The van der Waals surface area contributed by atoms with Crippen LogP contribution in [0.15, 0.2) is 42.1 Å². The highest BCUT2D eigenvalue weighted by Gasteiger charge is 2.36. The lowest BCUT2D eigenvalue weighted by Crippen LogP contribution is -2.50. The van der Waals surface area contributed by atoms with Crippen molar-refractivity contribution in [2.75, 3.05) is 33.3 Å². The minimum atomic E-state index is 0.0302. The average molecular weight is 482 g/mol. The molecule has 1 N–H and O–H groups in total. The number of thiocarbonyl (C=S) groups is 1. The van der Waals surface area contributed by atoms with E-state index in [1.54, 1.807) is 7.11 Å². The van der Waals surface area contributed by atoms with Crippen LogP contribution in [0.2, 0.25) is 0 Å². The highest BCUT2D eigenvalue weighted by atomic mass is 32.1. The average Bonchev–Trinajstić information content (AvgIpc) is 2.89. The quantitative estimate of drug-likeness (QED) is 0.633. The molecule has 3 aliphatic heterocycles. The van der Waals surface area contributed by atoms with E-state index in [0.29, 0.717) is 23.3 Å². The number of nitrogens with one attached hydrogen (secondary N) is 1. The predicted molar refractivity (Wildman–Crippen MR) is 137 cm³/mol. The van der Waals surface area contributed by atoms with Gasteiger partial charge in [-0.3, -0.25) is 4.79 Å². The van der Waals surface area contributed by atoms with Crippen LogP contribution in [-0.4, -0.2) is 66.1 Å². The molecule has 1 amide bonds. The normalized spacial score (nSPS) is 24.0. The van der Waals surface area contributed by atoms with E-state index < -0.39 is 0 Å². The van der Waals surface area contributed by atoms with E-state index in [1.807, 2.05) is 23.1 Å². The molecule has 0 aromatic heterocycles. The predicted octanol–water partition coefficient (Wildman–Crippen LogP) is 4.31. The van der Waals surface area contributed by atoms with Crippen LogP contribution in [-0.2, 0) is 0 Å². The fourth-order valence-corrected chi connectivity index (χ4v) is 6.08. The molecule has 3 heterocycles. The maximum absolute atomic E-state index is 13.4. The minimum absolute atomic E-state index is 0.0302. The van der Waals surface area contributed by atoms with Gasteiger partial charge in [-0.05, 0) is 76.2 Å². The molecule has 6 nitrogen and oxygen atoms in total. The number of hydrogen-bond acceptors (Lipinski definition) is 5. The molecule has 0 bridgehead atoms. The smallest absolute Gasteiger partial charge is 0.257 e. The maximum Gasteiger partial charge on any atom is 0.257 e. The molecule has 0 saturated carbocycles. The molecule has 1 atom stereocenters. The van der Waals surface area contributed by atoms with E-state index in [-0.39, 0.29) is 12.0 Å². The second-order valence-corrected chi connectivity index (χ2v) is 10.2. The van der Waals surface area contributed by atoms with Gasteiger partial charge in [0.1, 0.15) is 17.6 Å². The molecule has 34 heavy (non-hydrogen) atoms. The Hall–Kier alpha value is -2.38. The lowest BCUT2D eigenvalue weighted by atomic mass is 9.85. The zero-order valence-electron chi connectivity index (χ0n) is 20.0. The topological polar surface area (TPSA) is 54.0 Å². The van der Waals surface area contributed by atoms with E-state index in [1.165, 1.54) is 5.70 Å². The third-order valence-corrected chi connectivity index (χ3v) is 8.01. The Morgan fingerprint density at radius 1 is 1.12 bits per heavy atom. The highest BCUT2D eigenvalue weighted by molar-refractivity contribution is 7.80. The van der Waals surface area contributed by atoms with Crippen molar-refractivity contribution >= 4 is 23.1 Å². The van der Waals surface area contributed by atoms with Gasteiger partial charge >= 0.3 is 0 Å². The number of methoxy groups -OCH3 is 1. The van der Waals surface area contributed by atoms with Crippen molar-refractivity contribution in [1.82, 2.24) is 15.1 Å². The fraction of sp³-hybridized carbons (Fsp3) is 0.556. The van der Waals surface area contributed by atoms with Gasteiger partial charge in [0.25, 0.3) is 5.91 Å². The summed E-state index contributed by atoms with van der Waals surface area (Å²) in [5.74, 6) is 1.97. The van der Waals surface area contributed by atoms with Crippen molar-refractivity contribution in [2.24, 2.45) is 5.92 Å². The van der Waals surface area contributed by atoms with E-state index in [2.05, 4.69) is 28.4 Å². The summed E-state index contributed by atoms with van der Waals surface area (Å²) in [5, 5.41) is 3.35. The van der Waals surface area contributed by atoms with Crippen molar-refractivity contribution in [3.05, 3.63) is 47.7 Å². The number of hydrogen-bond donors (Lipinski definition) is 1. The standard InChI is InChI=1S/C27H35N3O3S/c1-32-25-18-22(33-21-10-14-28-15-11-21)7-8-23(25)27(31)29-16-12-20(13-17-29)30-24-5-3-2-4-19(24)6-9-26(30)34/h2-3,5,7-8,18-21,28H,4,6,9-17H2,1H3. The molecule has 3 fully saturated rings. The van der Waals surface area contributed by atoms with Crippen LogP contribution in [0.25, 0.3) is 0 Å². The Kier molecular flexibility index (Phi) is 7.21. The van der Waals surface area contributed by atoms with Gasteiger partial charge < -0.3 is 24.6 Å². The molecule has 5 rings (SSSR count). The number of nitrogens with zero attached hydrogens (tertiary/aromatic N) is 2. The number of carbonyl (C=O) groups is 1. The molecule has 0 spiro atoms. The number of amides is 1. The van der Waals surface area contributed by atoms with Crippen LogP contribution in [0, 0.1) is 5.92 Å². The molecule has 3 saturated heterocycles. The monoisotopic (exact) mass is 481 g/mol. The molecule has 7 heteroatoms. The number of piperidine rings is 3. The van der Waals surface area contributed by atoms with Crippen LogP contribution < -0.4 is 14.8 Å². The van der Waals surface area contributed by atoms with Gasteiger partial charge in [-0.2, -0.15) is 0 Å². The number of likely N-dealkylation sites (tertiary alicyclic amines) is 2. The van der Waals surface area contributed by atoms with E-state index in [4.69, 9.17) is 21.7 Å². The number of allylic oxidation sites excluding steroid dienone is 4. The van der Waals surface area contributed by atoms with Gasteiger partial charge in [0.2, 0.25) is 0 Å². The maximum atomic E-state index is 13.4. The molecule has 1 aliphatic carbocycles. The highest BCUT2D eigenvalue weighted by Crippen LogP contribution is 2.37. The molecule has 1 aromatic carbocycles. The Morgan fingerprint density at radius 2 is 1.91 bits per heavy atom. The van der Waals surface area contributed by atoms with Gasteiger partial charge in [0, 0.05) is 36.8 Å². The summed E-state index contributed by atoms with van der Waals surface area (Å²) in [6, 6.07) is 5.99. The Morgan fingerprint density at radius 3 is 2.68 bits per heavy atom. The van der Waals surface area contributed by atoms with Gasteiger partial charge in [0.15, 0.2) is 0 Å². The first-order valence-corrected chi connectivity index (χ1v) is 13.1. The van der Waals surface area contributed by atoms with Crippen LogP contribution in [0.4, 0.5) is 0 Å². The molecule has 4 aliphatic rings. The summed E-state index contributed by atoms with van der Waals surface area (Å²) in [5.41, 5.74) is 1.99. The summed E-state index contributed by atoms with van der Waals surface area (Å²) >= 11 is 5.79. The SMILES string of the molecule is COc1cc(OC2CCNCC2)ccc1C(=O)N1CCC(N2C(=S)CCC3CC=CC=C32)CC1. The van der Waals surface area contributed by atoms with Gasteiger partial charge in [-0.15, -0.1) is 0 Å². The van der Waals surface area contributed by atoms with Gasteiger partial charge in [-0.25, -0.2) is 0 Å². The van der Waals surface area contributed by atoms with Crippen LogP contribution >= 0.6 is 12.2 Å². The molecule has 0 radical (unpaired) electrons. The molecular weight excluding hydrogens is 446 g/mol. The van der Waals surface area contributed by atoms with Crippen molar-refractivity contribution in [2.45, 2.75) is 57.1 Å². The van der Waals surface area contributed by atoms with Crippen molar-refractivity contribution in [3.63, 3.8) is 0 Å². The Bertz CT molecular complexity index is 977. The van der Waals surface area contributed by atoms with Gasteiger partial charge in [-0.1, -0.05) is 24.4 Å². The molecule has 182 valence electrons. The van der Waals surface area contributed by atoms with Crippen LogP contribution in [0.5, 0.6) is 11.5 Å².